The van der Waals surface area contributed by atoms with Crippen molar-refractivity contribution in [3.63, 3.8) is 0 Å². The first kappa shape index (κ1) is 13.1. The van der Waals surface area contributed by atoms with E-state index in [1.54, 1.807) is 12.1 Å². The van der Waals surface area contributed by atoms with Crippen molar-refractivity contribution in [1.29, 1.82) is 0 Å². The van der Waals surface area contributed by atoms with Gasteiger partial charge in [0, 0.05) is 11.8 Å². The van der Waals surface area contributed by atoms with Crippen molar-refractivity contribution in [1.82, 2.24) is 0 Å². The van der Waals surface area contributed by atoms with Crippen LogP contribution in [-0.4, -0.2) is 13.3 Å². The van der Waals surface area contributed by atoms with Gasteiger partial charge in [0.15, 0.2) is 0 Å². The minimum Gasteiger partial charge on any atom is -0.434 e. The number of ether oxygens (including phenoxy) is 1. The molecule has 1 saturated carbocycles. The van der Waals surface area contributed by atoms with Crippen LogP contribution in [0, 0.1) is 5.92 Å². The van der Waals surface area contributed by atoms with Gasteiger partial charge in [-0.1, -0.05) is 6.07 Å². The van der Waals surface area contributed by atoms with Gasteiger partial charge in [-0.05, 0) is 42.7 Å². The highest BCUT2D eigenvalue weighted by molar-refractivity contribution is 5.50. The van der Waals surface area contributed by atoms with Crippen LogP contribution in [-0.2, 0) is 0 Å². The predicted octanol–water partition coefficient (Wildman–Crippen LogP) is 3.72. The van der Waals surface area contributed by atoms with E-state index in [-0.39, 0.29) is 18.3 Å². The molecular weight excluding hydrogens is 243 g/mol. The van der Waals surface area contributed by atoms with Crippen LogP contribution in [0.3, 0.4) is 0 Å². The topological polar surface area (TPSA) is 35.2 Å². The maximum atomic E-state index is 12.3. The van der Waals surface area contributed by atoms with E-state index in [9.17, 15) is 13.2 Å². The van der Waals surface area contributed by atoms with E-state index in [0.29, 0.717) is 18.0 Å². The van der Waals surface area contributed by atoms with Gasteiger partial charge >= 0.3 is 6.61 Å². The number of benzene rings is 1. The molecule has 0 aliphatic heterocycles. The second kappa shape index (κ2) is 5.50. The summed E-state index contributed by atoms with van der Waals surface area (Å²) < 4.78 is 41.3. The van der Waals surface area contributed by atoms with E-state index in [4.69, 9.17) is 5.73 Å². The summed E-state index contributed by atoms with van der Waals surface area (Å²) in [7, 11) is 0. The highest BCUT2D eigenvalue weighted by Gasteiger charge is 2.32. The van der Waals surface area contributed by atoms with Gasteiger partial charge < -0.3 is 10.5 Å². The smallest absolute Gasteiger partial charge is 0.387 e. The fourth-order valence-electron chi connectivity index (χ4n) is 2.47. The molecule has 0 heterocycles. The molecule has 1 aromatic carbocycles. The Labute approximate surface area is 104 Å². The van der Waals surface area contributed by atoms with Crippen LogP contribution in [0.15, 0.2) is 18.2 Å². The first-order valence-electron chi connectivity index (χ1n) is 6.00. The van der Waals surface area contributed by atoms with Crippen LogP contribution >= 0.6 is 0 Å². The van der Waals surface area contributed by atoms with Crippen LogP contribution < -0.4 is 10.5 Å². The summed E-state index contributed by atoms with van der Waals surface area (Å²) in [6.07, 6.45) is 2.21. The number of anilines is 1. The summed E-state index contributed by atoms with van der Waals surface area (Å²) in [5.74, 6) is 0.682. The van der Waals surface area contributed by atoms with E-state index in [1.165, 1.54) is 6.07 Å². The standard InChI is InChI=1S/C13H16F3NO/c14-4-3-8-5-9(6-8)11-2-1-10(17)7-12(11)18-13(15)16/h1-2,7-9,13H,3-6,17H2. The number of nitrogens with two attached hydrogens (primary N) is 1. The van der Waals surface area contributed by atoms with Gasteiger partial charge in [0.25, 0.3) is 0 Å². The van der Waals surface area contributed by atoms with Crippen molar-refractivity contribution in [2.45, 2.75) is 31.8 Å². The fraction of sp³-hybridized carbons (Fsp3) is 0.538. The van der Waals surface area contributed by atoms with Crippen molar-refractivity contribution in [3.8, 4) is 5.75 Å². The Morgan fingerprint density at radius 1 is 1.33 bits per heavy atom. The quantitative estimate of drug-likeness (QED) is 0.818. The van der Waals surface area contributed by atoms with Gasteiger partial charge in [-0.15, -0.1) is 0 Å². The lowest BCUT2D eigenvalue weighted by molar-refractivity contribution is -0.0509. The number of nitrogen functional groups attached to an aromatic ring is 1. The average Bonchev–Trinajstić information content (AvgIpc) is 2.23. The Morgan fingerprint density at radius 3 is 2.67 bits per heavy atom. The summed E-state index contributed by atoms with van der Waals surface area (Å²) >= 11 is 0. The van der Waals surface area contributed by atoms with Crippen molar-refractivity contribution in [3.05, 3.63) is 23.8 Å². The molecule has 1 aromatic rings. The second-order valence-corrected chi connectivity index (χ2v) is 4.69. The molecule has 1 fully saturated rings. The Balaban J connectivity index is 2.08. The molecule has 1 aliphatic rings. The van der Waals surface area contributed by atoms with Crippen LogP contribution in [0.1, 0.15) is 30.7 Å². The zero-order valence-corrected chi connectivity index (χ0v) is 9.91. The summed E-state index contributed by atoms with van der Waals surface area (Å²) in [5, 5.41) is 0. The first-order valence-corrected chi connectivity index (χ1v) is 6.00. The predicted molar refractivity (Wildman–Crippen MR) is 63.5 cm³/mol. The molecule has 5 heteroatoms. The maximum absolute atomic E-state index is 12.3. The molecule has 2 N–H and O–H groups in total. The summed E-state index contributed by atoms with van der Waals surface area (Å²) in [4.78, 5) is 0. The maximum Gasteiger partial charge on any atom is 0.387 e. The minimum atomic E-state index is -2.85. The molecule has 2 nitrogen and oxygen atoms in total. The molecule has 0 bridgehead atoms. The molecule has 0 atom stereocenters. The Hall–Kier alpha value is -1.39. The molecule has 0 amide bonds. The number of halogens is 3. The fourth-order valence-corrected chi connectivity index (χ4v) is 2.47. The summed E-state index contributed by atoms with van der Waals surface area (Å²) in [6, 6.07) is 4.82. The Kier molecular flexibility index (Phi) is 3.99. The molecule has 0 spiro atoms. The average molecular weight is 259 g/mol. The number of alkyl halides is 3. The molecule has 0 radical (unpaired) electrons. The third kappa shape index (κ3) is 2.89. The lowest BCUT2D eigenvalue weighted by atomic mass is 9.70. The third-order valence-electron chi connectivity index (χ3n) is 3.45. The Bertz CT molecular complexity index is 405. The molecule has 1 aliphatic carbocycles. The van der Waals surface area contributed by atoms with Crippen LogP contribution in [0.2, 0.25) is 0 Å². The molecule has 2 rings (SSSR count). The van der Waals surface area contributed by atoms with Crippen molar-refractivity contribution in [2.75, 3.05) is 12.4 Å². The van der Waals surface area contributed by atoms with Gasteiger partial charge in [-0.25, -0.2) is 0 Å². The van der Waals surface area contributed by atoms with Gasteiger partial charge in [0.2, 0.25) is 0 Å². The normalized spacial score (nSPS) is 22.9. The molecule has 0 unspecified atom stereocenters. The van der Waals surface area contributed by atoms with E-state index in [2.05, 4.69) is 4.74 Å². The molecule has 100 valence electrons. The molecular formula is C13H16F3NO. The Morgan fingerprint density at radius 2 is 2.06 bits per heavy atom. The van der Waals surface area contributed by atoms with Gasteiger partial charge in [0.05, 0.1) is 6.67 Å². The van der Waals surface area contributed by atoms with Gasteiger partial charge in [0.1, 0.15) is 5.75 Å². The molecule has 0 saturated heterocycles. The zero-order chi connectivity index (χ0) is 13.1. The lowest BCUT2D eigenvalue weighted by Crippen LogP contribution is -2.23. The zero-order valence-electron chi connectivity index (χ0n) is 9.91. The van der Waals surface area contributed by atoms with E-state index < -0.39 is 6.61 Å². The number of rotatable bonds is 5. The van der Waals surface area contributed by atoms with Crippen molar-refractivity contribution < 1.29 is 17.9 Å². The third-order valence-corrected chi connectivity index (χ3v) is 3.45. The minimum absolute atomic E-state index is 0.147. The van der Waals surface area contributed by atoms with Crippen LogP contribution in [0.5, 0.6) is 5.75 Å². The van der Waals surface area contributed by atoms with Crippen LogP contribution in [0.25, 0.3) is 0 Å². The van der Waals surface area contributed by atoms with E-state index >= 15 is 0 Å². The highest BCUT2D eigenvalue weighted by Crippen LogP contribution is 2.46. The SMILES string of the molecule is Nc1ccc(C2CC(CCF)C2)c(OC(F)F)c1. The van der Waals surface area contributed by atoms with E-state index in [1.807, 2.05) is 0 Å². The molecule has 18 heavy (non-hydrogen) atoms. The monoisotopic (exact) mass is 259 g/mol. The van der Waals surface area contributed by atoms with Crippen molar-refractivity contribution in [2.24, 2.45) is 5.92 Å². The van der Waals surface area contributed by atoms with E-state index in [0.717, 1.165) is 18.4 Å². The lowest BCUT2D eigenvalue weighted by Gasteiger charge is -2.36. The van der Waals surface area contributed by atoms with Crippen LogP contribution in [0.4, 0.5) is 18.9 Å². The number of hydrogen-bond acceptors (Lipinski definition) is 2. The summed E-state index contributed by atoms with van der Waals surface area (Å²) in [5.41, 5.74) is 6.71. The van der Waals surface area contributed by atoms with Crippen molar-refractivity contribution >= 4 is 5.69 Å². The first-order chi connectivity index (χ1) is 8.60. The highest BCUT2D eigenvalue weighted by atomic mass is 19.3. The van der Waals surface area contributed by atoms with Gasteiger partial charge in [-0.2, -0.15) is 8.78 Å². The second-order valence-electron chi connectivity index (χ2n) is 4.69. The van der Waals surface area contributed by atoms with Gasteiger partial charge in [-0.3, -0.25) is 4.39 Å². The number of hydrogen-bond donors (Lipinski definition) is 1. The summed E-state index contributed by atoms with van der Waals surface area (Å²) in [6.45, 7) is -3.17. The largest absolute Gasteiger partial charge is 0.434 e. The molecule has 0 aromatic heterocycles.